The number of nitrogens with zero attached hydrogens (tertiary/aromatic N) is 1. The zero-order valence-electron chi connectivity index (χ0n) is 23.9. The van der Waals surface area contributed by atoms with Gasteiger partial charge in [-0.1, -0.05) is 30.3 Å². The van der Waals surface area contributed by atoms with Gasteiger partial charge in [0.2, 0.25) is 0 Å². The number of methoxy groups -OCH3 is 1. The number of aliphatic hydroxyl groups excluding tert-OH is 1. The van der Waals surface area contributed by atoms with E-state index in [1.54, 1.807) is 50.3 Å². The minimum atomic E-state index is -1.17. The van der Waals surface area contributed by atoms with Gasteiger partial charge < -0.3 is 39.4 Å². The Bertz CT molecular complexity index is 1350. The second-order valence-corrected chi connectivity index (χ2v) is 9.18. The molecule has 0 bridgehead atoms. The Balaban J connectivity index is 1.69. The van der Waals surface area contributed by atoms with E-state index >= 15 is 0 Å². The molecule has 2 aromatic carbocycles. The molecule has 42 heavy (non-hydrogen) atoms. The molecule has 0 spiro atoms. The van der Waals surface area contributed by atoms with E-state index in [-0.39, 0.29) is 18.8 Å². The Morgan fingerprint density at radius 1 is 1.14 bits per heavy atom. The van der Waals surface area contributed by atoms with Crippen LogP contribution < -0.4 is 35.0 Å². The molecule has 226 valence electrons. The number of hydrogen-bond donors (Lipinski definition) is 4. The molecular formula is C29H35ClN4O8. The molecule has 13 heteroatoms. The van der Waals surface area contributed by atoms with Crippen molar-refractivity contribution in [2.45, 2.75) is 33.0 Å². The van der Waals surface area contributed by atoms with Gasteiger partial charge in [0.15, 0.2) is 29.2 Å². The van der Waals surface area contributed by atoms with Gasteiger partial charge in [-0.05, 0) is 56.2 Å². The monoisotopic (exact) mass is 602 g/mol. The van der Waals surface area contributed by atoms with Crippen molar-refractivity contribution in [1.82, 2.24) is 16.1 Å². The fourth-order valence-corrected chi connectivity index (χ4v) is 4.30. The van der Waals surface area contributed by atoms with Crippen molar-refractivity contribution in [3.63, 3.8) is 0 Å². The Hall–Kier alpha value is -4.42. The Labute approximate surface area is 249 Å². The number of rotatable bonds is 15. The van der Waals surface area contributed by atoms with E-state index in [1.165, 1.54) is 13.3 Å². The third kappa shape index (κ3) is 8.30. The summed E-state index contributed by atoms with van der Waals surface area (Å²) in [6.07, 6.45) is 1.90. The minimum Gasteiger partial charge on any atom is -0.490 e. The van der Waals surface area contributed by atoms with Crippen molar-refractivity contribution in [1.29, 1.82) is 0 Å². The summed E-state index contributed by atoms with van der Waals surface area (Å²) in [5, 5.41) is 20.1. The van der Waals surface area contributed by atoms with E-state index in [9.17, 15) is 14.7 Å². The first kappa shape index (κ1) is 32.1. The molecule has 2 aromatic rings. The third-order valence-corrected chi connectivity index (χ3v) is 6.07. The molecule has 1 heterocycles. The van der Waals surface area contributed by atoms with E-state index < -0.39 is 24.3 Å². The van der Waals surface area contributed by atoms with Crippen molar-refractivity contribution in [3.05, 3.63) is 70.4 Å². The summed E-state index contributed by atoms with van der Waals surface area (Å²) in [6, 6.07) is 7.12. The molecule has 0 aromatic heterocycles. The van der Waals surface area contributed by atoms with Crippen LogP contribution in [0.5, 0.6) is 23.0 Å². The lowest BCUT2D eigenvalue weighted by molar-refractivity contribution is -0.136. The van der Waals surface area contributed by atoms with Gasteiger partial charge in [-0.3, -0.25) is 5.43 Å². The highest BCUT2D eigenvalue weighted by Gasteiger charge is 2.32. The lowest BCUT2D eigenvalue weighted by Crippen LogP contribution is -2.45. The summed E-state index contributed by atoms with van der Waals surface area (Å²) in [5.74, 6) is 0.985. The molecule has 0 aliphatic carbocycles. The lowest BCUT2D eigenvalue weighted by atomic mass is 9.95. The van der Waals surface area contributed by atoms with Crippen LogP contribution in [0.4, 0.5) is 4.79 Å². The number of benzene rings is 2. The largest absolute Gasteiger partial charge is 0.490 e. The molecular weight excluding hydrogens is 568 g/mol. The predicted molar refractivity (Wildman–Crippen MR) is 157 cm³/mol. The number of carbonyl (C=O) groups is 2. The van der Waals surface area contributed by atoms with E-state index in [2.05, 4.69) is 27.7 Å². The third-order valence-electron chi connectivity index (χ3n) is 5.79. The lowest BCUT2D eigenvalue weighted by Gasteiger charge is -2.28. The number of halogens is 1. The Morgan fingerprint density at radius 3 is 2.57 bits per heavy atom. The van der Waals surface area contributed by atoms with Crippen LogP contribution >= 0.6 is 11.6 Å². The standard InChI is InChI=1S/C29H35ClN4O8/c1-6-11-41-27-20(30)12-18(13-23(27)40-8-3)15-31-34-24(35)16-42-21-10-9-19(14-22(21)39-7-2)26-25(28(36)38-5)17(4)32-29(37)33-26/h6,9-10,12-15,24,26,34-35H,1,7-8,11,16H2,2-5H3,(H2,32,33,37)/b31-15-/t24-,26+/m1/s1. The highest BCUT2D eigenvalue weighted by molar-refractivity contribution is 6.32. The molecule has 1 aliphatic rings. The summed E-state index contributed by atoms with van der Waals surface area (Å²) in [4.78, 5) is 24.5. The first-order chi connectivity index (χ1) is 20.2. The van der Waals surface area contributed by atoms with Gasteiger partial charge in [0.1, 0.15) is 13.2 Å². The van der Waals surface area contributed by atoms with Crippen LogP contribution in [-0.2, 0) is 9.53 Å². The first-order valence-electron chi connectivity index (χ1n) is 13.1. The van der Waals surface area contributed by atoms with Crippen LogP contribution in [0.3, 0.4) is 0 Å². The molecule has 0 radical (unpaired) electrons. The maximum absolute atomic E-state index is 12.4. The van der Waals surface area contributed by atoms with Crippen molar-refractivity contribution in [2.24, 2.45) is 5.10 Å². The molecule has 12 nitrogen and oxygen atoms in total. The Morgan fingerprint density at radius 2 is 1.88 bits per heavy atom. The number of esters is 1. The first-order valence-corrected chi connectivity index (χ1v) is 13.5. The van der Waals surface area contributed by atoms with Gasteiger partial charge in [-0.25, -0.2) is 9.59 Å². The number of urea groups is 1. The Kier molecular flexibility index (Phi) is 11.9. The normalized spacial score (nSPS) is 15.4. The van der Waals surface area contributed by atoms with Crippen LogP contribution in [0.15, 0.2) is 59.4 Å². The van der Waals surface area contributed by atoms with Crippen LogP contribution in [-0.4, -0.2) is 63.1 Å². The molecule has 0 fully saturated rings. The van der Waals surface area contributed by atoms with Crippen LogP contribution in [0.2, 0.25) is 5.02 Å². The van der Waals surface area contributed by atoms with E-state index in [0.717, 1.165) is 0 Å². The van der Waals surface area contributed by atoms with Gasteiger partial charge in [-0.15, -0.1) is 0 Å². The molecule has 1 aliphatic heterocycles. The number of carbonyl (C=O) groups excluding carboxylic acids is 2. The van der Waals surface area contributed by atoms with Gasteiger partial charge in [0.05, 0.1) is 43.2 Å². The topological polar surface area (TPSA) is 149 Å². The molecule has 2 atom stereocenters. The molecule has 0 saturated carbocycles. The minimum absolute atomic E-state index is 0.174. The smallest absolute Gasteiger partial charge is 0.337 e. The van der Waals surface area contributed by atoms with Crippen LogP contribution in [0.1, 0.15) is 37.9 Å². The van der Waals surface area contributed by atoms with Crippen LogP contribution in [0.25, 0.3) is 0 Å². The zero-order valence-corrected chi connectivity index (χ0v) is 24.6. The van der Waals surface area contributed by atoms with Gasteiger partial charge in [0.25, 0.3) is 0 Å². The van der Waals surface area contributed by atoms with Crippen molar-refractivity contribution < 1.29 is 38.4 Å². The summed E-state index contributed by atoms with van der Waals surface area (Å²) in [7, 11) is 1.27. The van der Waals surface area contributed by atoms with E-state index in [4.69, 9.17) is 35.3 Å². The van der Waals surface area contributed by atoms with Gasteiger partial charge >= 0.3 is 12.0 Å². The van der Waals surface area contributed by atoms with Crippen molar-refractivity contribution in [2.75, 3.05) is 33.5 Å². The summed E-state index contributed by atoms with van der Waals surface area (Å²) in [5.41, 5.74) is 4.43. The van der Waals surface area contributed by atoms with Crippen LogP contribution in [0, 0.1) is 0 Å². The molecule has 0 unspecified atom stereocenters. The second-order valence-electron chi connectivity index (χ2n) is 8.78. The molecule has 0 saturated heterocycles. The summed E-state index contributed by atoms with van der Waals surface area (Å²) >= 11 is 6.36. The number of hydrogen-bond acceptors (Lipinski definition) is 10. The average Bonchev–Trinajstić information content (AvgIpc) is 2.95. The number of nitrogens with one attached hydrogen (secondary N) is 3. The number of aliphatic hydroxyl groups is 1. The number of ether oxygens (including phenoxy) is 5. The maximum atomic E-state index is 12.4. The van der Waals surface area contributed by atoms with E-state index in [0.29, 0.717) is 58.1 Å². The number of allylic oxidation sites excluding steroid dienone is 1. The maximum Gasteiger partial charge on any atom is 0.337 e. The van der Waals surface area contributed by atoms with Crippen molar-refractivity contribution in [3.8, 4) is 23.0 Å². The fraction of sp³-hybridized carbons (Fsp3) is 0.345. The molecule has 2 amide bonds. The highest BCUT2D eigenvalue weighted by Crippen LogP contribution is 2.37. The fourth-order valence-electron chi connectivity index (χ4n) is 4.03. The molecule has 3 rings (SSSR count). The average molecular weight is 603 g/mol. The quantitative estimate of drug-likeness (QED) is 0.0784. The SMILES string of the molecule is C=CCOc1c(Cl)cc(/C=N\N[C@H](O)COc2ccc([C@@H]3NC(=O)NC(C)=C3C(=O)OC)cc2OCC)cc1OCC. The highest BCUT2D eigenvalue weighted by atomic mass is 35.5. The molecule has 4 N–H and O–H groups in total. The van der Waals surface area contributed by atoms with E-state index in [1.807, 2.05) is 6.92 Å². The van der Waals surface area contributed by atoms with Crippen molar-refractivity contribution >= 4 is 29.8 Å². The van der Waals surface area contributed by atoms with Gasteiger partial charge in [-0.2, -0.15) is 5.10 Å². The zero-order chi connectivity index (χ0) is 30.6. The summed E-state index contributed by atoms with van der Waals surface area (Å²) < 4.78 is 27.6. The number of hydrazone groups is 1. The predicted octanol–water partition coefficient (Wildman–Crippen LogP) is 3.82. The number of amides is 2. The van der Waals surface area contributed by atoms with Gasteiger partial charge in [0, 0.05) is 5.70 Å². The summed E-state index contributed by atoms with van der Waals surface area (Å²) in [6.45, 7) is 9.74. The second kappa shape index (κ2) is 15.5.